The molecular formula is C31H35N7O4. The van der Waals surface area contributed by atoms with Gasteiger partial charge in [-0.2, -0.15) is 5.21 Å². The number of hydrogen-bond acceptors (Lipinski definition) is 8. The first-order valence-corrected chi connectivity index (χ1v) is 14.0. The first kappa shape index (κ1) is 30.2. The van der Waals surface area contributed by atoms with Gasteiger partial charge in [0, 0.05) is 25.1 Å². The maximum absolute atomic E-state index is 13.2. The first-order chi connectivity index (χ1) is 20.5. The van der Waals surface area contributed by atoms with E-state index in [1.165, 1.54) is 0 Å². The SMILES string of the molecule is CCCCC(=O)C(NCCNC(=O)C(Cc1ccccc1)C(=O)NO)c1ccc(-c2ccccc2-c2nn[nH]n2)cc1. The number of carbonyl (C=O) groups excluding carboxylic acids is 3. The molecule has 0 aliphatic carbocycles. The van der Waals surface area contributed by atoms with Gasteiger partial charge in [0.05, 0.1) is 6.04 Å². The Bertz CT molecular complexity index is 1440. The van der Waals surface area contributed by atoms with Crippen LogP contribution in [0.2, 0.25) is 0 Å². The number of unbranched alkanes of at least 4 members (excludes halogenated alkanes) is 1. The highest BCUT2D eigenvalue weighted by Crippen LogP contribution is 2.30. The number of hydrogen-bond donors (Lipinski definition) is 5. The number of nitrogens with one attached hydrogen (secondary N) is 4. The van der Waals surface area contributed by atoms with Crippen molar-refractivity contribution < 1.29 is 19.6 Å². The molecule has 2 atom stereocenters. The molecule has 0 saturated heterocycles. The molecule has 0 spiro atoms. The number of H-pyrrole nitrogens is 1. The second-order valence-electron chi connectivity index (χ2n) is 9.87. The van der Waals surface area contributed by atoms with Crippen LogP contribution in [0.4, 0.5) is 0 Å². The number of Topliss-reactive ketones (excluding diaryl/α,β-unsaturated/α-hetero) is 1. The van der Waals surface area contributed by atoms with Gasteiger partial charge >= 0.3 is 0 Å². The normalized spacial score (nSPS) is 12.3. The Morgan fingerprint density at radius 1 is 0.881 bits per heavy atom. The van der Waals surface area contributed by atoms with Crippen molar-refractivity contribution in [1.82, 2.24) is 36.7 Å². The summed E-state index contributed by atoms with van der Waals surface area (Å²) in [5.74, 6) is -1.83. The molecule has 1 heterocycles. The minimum absolute atomic E-state index is 0.0599. The summed E-state index contributed by atoms with van der Waals surface area (Å²) in [5, 5.41) is 29.5. The van der Waals surface area contributed by atoms with Crippen LogP contribution in [-0.2, 0) is 20.8 Å². The van der Waals surface area contributed by atoms with Crippen LogP contribution in [0.1, 0.15) is 43.4 Å². The molecule has 0 bridgehead atoms. The average molecular weight is 570 g/mol. The fourth-order valence-corrected chi connectivity index (χ4v) is 4.73. The minimum atomic E-state index is -1.10. The van der Waals surface area contributed by atoms with Crippen molar-refractivity contribution in [3.05, 3.63) is 90.0 Å². The summed E-state index contributed by atoms with van der Waals surface area (Å²) >= 11 is 0. The van der Waals surface area contributed by atoms with Crippen LogP contribution < -0.4 is 16.1 Å². The second kappa shape index (κ2) is 15.3. The predicted octanol–water partition coefficient (Wildman–Crippen LogP) is 3.40. The number of tetrazole rings is 1. The highest BCUT2D eigenvalue weighted by molar-refractivity contribution is 6.00. The van der Waals surface area contributed by atoms with Gasteiger partial charge in [-0.15, -0.1) is 10.2 Å². The Morgan fingerprint density at radius 2 is 1.60 bits per heavy atom. The van der Waals surface area contributed by atoms with E-state index in [4.69, 9.17) is 5.21 Å². The van der Waals surface area contributed by atoms with Crippen LogP contribution in [0.3, 0.4) is 0 Å². The molecule has 218 valence electrons. The molecule has 0 fully saturated rings. The summed E-state index contributed by atoms with van der Waals surface area (Å²) in [4.78, 5) is 38.2. The summed E-state index contributed by atoms with van der Waals surface area (Å²) < 4.78 is 0. The molecule has 2 amide bonds. The number of aromatic amines is 1. The summed E-state index contributed by atoms with van der Waals surface area (Å²) in [5.41, 5.74) is 5.91. The van der Waals surface area contributed by atoms with Crippen LogP contribution in [0, 0.1) is 5.92 Å². The van der Waals surface area contributed by atoms with Crippen molar-refractivity contribution in [3.8, 4) is 22.5 Å². The van der Waals surface area contributed by atoms with Gasteiger partial charge in [-0.3, -0.25) is 19.6 Å². The molecule has 11 nitrogen and oxygen atoms in total. The number of benzene rings is 3. The van der Waals surface area contributed by atoms with Crippen LogP contribution >= 0.6 is 0 Å². The average Bonchev–Trinajstić information content (AvgIpc) is 3.58. The molecular weight excluding hydrogens is 534 g/mol. The summed E-state index contributed by atoms with van der Waals surface area (Å²) in [6, 6.07) is 24.1. The smallest absolute Gasteiger partial charge is 0.256 e. The van der Waals surface area contributed by atoms with E-state index in [-0.39, 0.29) is 18.7 Å². The third kappa shape index (κ3) is 7.93. The van der Waals surface area contributed by atoms with Crippen LogP contribution in [-0.4, -0.2) is 56.5 Å². The molecule has 0 radical (unpaired) electrons. The van der Waals surface area contributed by atoms with E-state index in [0.29, 0.717) is 18.8 Å². The van der Waals surface area contributed by atoms with Crippen molar-refractivity contribution in [1.29, 1.82) is 0 Å². The third-order valence-corrected chi connectivity index (χ3v) is 6.97. The zero-order valence-corrected chi connectivity index (χ0v) is 23.4. The van der Waals surface area contributed by atoms with Crippen molar-refractivity contribution in [3.63, 3.8) is 0 Å². The predicted molar refractivity (Wildman–Crippen MR) is 157 cm³/mol. The van der Waals surface area contributed by atoms with Gasteiger partial charge in [0.25, 0.3) is 5.91 Å². The number of carbonyl (C=O) groups is 3. The van der Waals surface area contributed by atoms with E-state index in [2.05, 4.69) is 31.3 Å². The highest BCUT2D eigenvalue weighted by atomic mass is 16.5. The number of rotatable bonds is 15. The van der Waals surface area contributed by atoms with Gasteiger partial charge in [-0.1, -0.05) is 92.2 Å². The summed E-state index contributed by atoms with van der Waals surface area (Å²) in [6.07, 6.45) is 2.25. The molecule has 0 aliphatic heterocycles. The fourth-order valence-electron chi connectivity index (χ4n) is 4.73. The summed E-state index contributed by atoms with van der Waals surface area (Å²) in [7, 11) is 0. The highest BCUT2D eigenvalue weighted by Gasteiger charge is 2.27. The Labute approximate surface area is 244 Å². The molecule has 42 heavy (non-hydrogen) atoms. The molecule has 3 aromatic carbocycles. The lowest BCUT2D eigenvalue weighted by Gasteiger charge is -2.20. The quantitative estimate of drug-likeness (QED) is 0.0630. The zero-order chi connectivity index (χ0) is 29.7. The van der Waals surface area contributed by atoms with E-state index in [9.17, 15) is 14.4 Å². The van der Waals surface area contributed by atoms with Crippen molar-refractivity contribution in [2.75, 3.05) is 13.1 Å². The molecule has 4 aromatic rings. The molecule has 5 N–H and O–H groups in total. The van der Waals surface area contributed by atoms with Crippen molar-refractivity contribution in [2.45, 2.75) is 38.6 Å². The van der Waals surface area contributed by atoms with E-state index in [0.717, 1.165) is 40.7 Å². The minimum Gasteiger partial charge on any atom is -0.354 e. The van der Waals surface area contributed by atoms with E-state index >= 15 is 0 Å². The van der Waals surface area contributed by atoms with E-state index in [1.54, 1.807) is 5.48 Å². The fraction of sp³-hybridized carbons (Fsp3) is 0.290. The van der Waals surface area contributed by atoms with Gasteiger partial charge in [0.1, 0.15) is 5.92 Å². The molecule has 0 aliphatic rings. The molecule has 4 rings (SSSR count). The zero-order valence-electron chi connectivity index (χ0n) is 23.4. The lowest BCUT2D eigenvalue weighted by molar-refractivity contribution is -0.140. The lowest BCUT2D eigenvalue weighted by Crippen LogP contribution is -2.44. The van der Waals surface area contributed by atoms with Gasteiger partial charge in [0.15, 0.2) is 5.78 Å². The van der Waals surface area contributed by atoms with Crippen LogP contribution in [0.5, 0.6) is 0 Å². The molecule has 1 aromatic heterocycles. The second-order valence-corrected chi connectivity index (χ2v) is 9.87. The van der Waals surface area contributed by atoms with Crippen LogP contribution in [0.25, 0.3) is 22.5 Å². The molecule has 11 heteroatoms. The number of ketones is 1. The van der Waals surface area contributed by atoms with E-state index in [1.807, 2.05) is 85.8 Å². The third-order valence-electron chi connectivity index (χ3n) is 6.97. The maximum Gasteiger partial charge on any atom is 0.256 e. The number of amides is 2. The summed E-state index contributed by atoms with van der Waals surface area (Å²) in [6.45, 7) is 2.53. The Balaban J connectivity index is 1.42. The molecule has 0 saturated carbocycles. The first-order valence-electron chi connectivity index (χ1n) is 14.0. The lowest BCUT2D eigenvalue weighted by atomic mass is 9.94. The number of hydroxylamine groups is 1. The van der Waals surface area contributed by atoms with Gasteiger partial charge in [-0.05, 0) is 40.3 Å². The maximum atomic E-state index is 13.2. The van der Waals surface area contributed by atoms with Gasteiger partial charge in [0.2, 0.25) is 11.7 Å². The number of nitrogens with zero attached hydrogens (tertiary/aromatic N) is 3. The number of aromatic nitrogens is 4. The standard InChI is InChI=1S/C31H35N7O4/c1-2-3-13-27(39)28(32-18-19-33-30(40)26(31(41)36-42)20-21-9-5-4-6-10-21)23-16-14-22(15-17-23)24-11-7-8-12-25(24)29-34-37-38-35-29/h4-12,14-17,26,28,32,42H,2-3,13,18-20H2,1H3,(H,33,40)(H,36,41)(H,34,35,37,38). The molecule has 2 unspecified atom stereocenters. The Hall–Kier alpha value is -4.74. The Kier molecular flexibility index (Phi) is 11.0. The monoisotopic (exact) mass is 569 g/mol. The Morgan fingerprint density at radius 3 is 2.26 bits per heavy atom. The van der Waals surface area contributed by atoms with E-state index < -0.39 is 23.8 Å². The van der Waals surface area contributed by atoms with Gasteiger partial charge in [-0.25, -0.2) is 5.48 Å². The topological polar surface area (TPSA) is 162 Å². The largest absolute Gasteiger partial charge is 0.354 e. The van der Waals surface area contributed by atoms with Gasteiger partial charge < -0.3 is 10.6 Å². The van der Waals surface area contributed by atoms with Crippen molar-refractivity contribution in [2.24, 2.45) is 5.92 Å². The van der Waals surface area contributed by atoms with Crippen molar-refractivity contribution >= 4 is 17.6 Å². The van der Waals surface area contributed by atoms with Crippen LogP contribution in [0.15, 0.2) is 78.9 Å².